The van der Waals surface area contributed by atoms with Gasteiger partial charge in [0.1, 0.15) is 12.2 Å². The summed E-state index contributed by atoms with van der Waals surface area (Å²) in [6.45, 7) is 15.9. The van der Waals surface area contributed by atoms with E-state index in [-0.39, 0.29) is 19.3 Å². The number of ether oxygens (including phenoxy) is 4. The van der Waals surface area contributed by atoms with Crippen molar-refractivity contribution in [1.82, 2.24) is 0 Å². The number of carbonyl (C=O) groups is 4. The monoisotopic (exact) mass is 536 g/mol. The van der Waals surface area contributed by atoms with Crippen molar-refractivity contribution in [2.75, 3.05) is 0 Å². The molecular weight excluding hydrogens is 496 g/mol. The molecule has 3 aliphatic rings. The van der Waals surface area contributed by atoms with Crippen LogP contribution < -0.4 is 0 Å². The minimum atomic E-state index is -1.46. The van der Waals surface area contributed by atoms with Crippen molar-refractivity contribution >= 4 is 23.9 Å². The normalized spacial score (nSPS) is 36.9. The van der Waals surface area contributed by atoms with Crippen molar-refractivity contribution in [2.24, 2.45) is 16.7 Å². The van der Waals surface area contributed by atoms with Gasteiger partial charge in [-0.25, -0.2) is 0 Å². The lowest BCUT2D eigenvalue weighted by Gasteiger charge is -2.53. The van der Waals surface area contributed by atoms with Crippen molar-refractivity contribution in [2.45, 2.75) is 111 Å². The molecule has 0 spiro atoms. The molecule has 2 N–H and O–H groups in total. The molecule has 212 valence electrons. The third kappa shape index (κ3) is 4.88. The standard InChI is InChI=1S/C28H40O10/c1-13-19-11-28(26(7,8)34)12-21(35-15(3)29)14(2)23(28)24(37-17(5)31)25(38-18(6)32)27(19,9)22(10-20(13)33)36-16(4)30/h19-22,24-25,33-34H,1,10-12H2,2-9H3. The zero-order chi connectivity index (χ0) is 29.0. The van der Waals surface area contributed by atoms with E-state index in [9.17, 15) is 29.4 Å². The Balaban J connectivity index is 2.44. The molecule has 2 fully saturated rings. The molecule has 10 heteroatoms. The summed E-state index contributed by atoms with van der Waals surface area (Å²) in [6.07, 6.45) is -4.78. The quantitative estimate of drug-likeness (QED) is 0.305. The Kier molecular flexibility index (Phi) is 7.94. The predicted octanol–water partition coefficient (Wildman–Crippen LogP) is 2.54. The smallest absolute Gasteiger partial charge is 0.303 e. The highest BCUT2D eigenvalue weighted by atomic mass is 16.6. The number of hydrogen-bond donors (Lipinski definition) is 2. The molecule has 8 atom stereocenters. The zero-order valence-corrected chi connectivity index (χ0v) is 23.5. The Morgan fingerprint density at radius 3 is 1.92 bits per heavy atom. The van der Waals surface area contributed by atoms with Gasteiger partial charge >= 0.3 is 23.9 Å². The van der Waals surface area contributed by atoms with Gasteiger partial charge in [-0.1, -0.05) is 13.5 Å². The van der Waals surface area contributed by atoms with Crippen molar-refractivity contribution in [3.05, 3.63) is 23.3 Å². The van der Waals surface area contributed by atoms with Gasteiger partial charge in [-0.2, -0.15) is 0 Å². The van der Waals surface area contributed by atoms with E-state index in [4.69, 9.17) is 18.9 Å². The third-order valence-electron chi connectivity index (χ3n) is 8.81. The second-order valence-electron chi connectivity index (χ2n) is 11.6. The summed E-state index contributed by atoms with van der Waals surface area (Å²) in [4.78, 5) is 49.3. The number of hydrogen-bond acceptors (Lipinski definition) is 10. The SMILES string of the molecule is C=C1C(O)CC(OC(C)=O)C2(C)C1CC1(C(C)(C)O)CC(OC(C)=O)C(C)=C1C(OC(C)=O)C2OC(C)=O. The molecule has 10 nitrogen and oxygen atoms in total. The molecule has 8 unspecified atom stereocenters. The maximum Gasteiger partial charge on any atom is 0.303 e. The molecule has 0 aromatic carbocycles. The fraction of sp³-hybridized carbons (Fsp3) is 0.714. The Bertz CT molecular complexity index is 1070. The average Bonchev–Trinajstić information content (AvgIpc) is 2.98. The summed E-state index contributed by atoms with van der Waals surface area (Å²) < 4.78 is 23.2. The molecule has 0 bridgehead atoms. The van der Waals surface area contributed by atoms with Gasteiger partial charge in [-0.05, 0) is 49.8 Å². The Hall–Kier alpha value is -2.72. The fourth-order valence-corrected chi connectivity index (χ4v) is 7.05. The Labute approximate surface area is 223 Å². The number of fused-ring (bicyclic) bond motifs is 2. The first kappa shape index (κ1) is 29.8. The second kappa shape index (κ2) is 10.1. The first-order valence-corrected chi connectivity index (χ1v) is 12.9. The van der Waals surface area contributed by atoms with Gasteiger partial charge < -0.3 is 29.2 Å². The summed E-state index contributed by atoms with van der Waals surface area (Å²) in [7, 11) is 0. The second-order valence-corrected chi connectivity index (χ2v) is 11.6. The summed E-state index contributed by atoms with van der Waals surface area (Å²) in [5.41, 5.74) is -2.34. The number of rotatable bonds is 5. The van der Waals surface area contributed by atoms with Crippen LogP contribution in [0, 0.1) is 16.7 Å². The molecule has 0 aliphatic heterocycles. The highest BCUT2D eigenvalue weighted by Crippen LogP contribution is 2.65. The van der Waals surface area contributed by atoms with E-state index in [2.05, 4.69) is 6.58 Å². The minimum absolute atomic E-state index is 0.000407. The molecule has 0 amide bonds. The topological polar surface area (TPSA) is 146 Å². The lowest BCUT2D eigenvalue weighted by atomic mass is 9.56. The van der Waals surface area contributed by atoms with E-state index >= 15 is 0 Å². The van der Waals surface area contributed by atoms with Crippen molar-refractivity contribution in [1.29, 1.82) is 0 Å². The van der Waals surface area contributed by atoms with E-state index in [0.29, 0.717) is 16.7 Å². The number of aliphatic hydroxyl groups is 2. The molecule has 3 rings (SSSR count). The first-order valence-electron chi connectivity index (χ1n) is 12.9. The molecule has 0 saturated heterocycles. The van der Waals surface area contributed by atoms with Crippen LogP contribution in [0.2, 0.25) is 0 Å². The maximum atomic E-state index is 12.5. The van der Waals surface area contributed by atoms with Crippen LogP contribution in [0.4, 0.5) is 0 Å². The number of esters is 4. The van der Waals surface area contributed by atoms with Crippen LogP contribution in [0.5, 0.6) is 0 Å². The molecule has 0 aromatic rings. The molecular formula is C28H40O10. The van der Waals surface area contributed by atoms with Gasteiger partial charge in [-0.15, -0.1) is 0 Å². The van der Waals surface area contributed by atoms with Crippen LogP contribution in [-0.2, 0) is 38.1 Å². The van der Waals surface area contributed by atoms with Crippen LogP contribution in [0.3, 0.4) is 0 Å². The molecule has 0 aromatic heterocycles. The van der Waals surface area contributed by atoms with E-state index in [1.165, 1.54) is 27.7 Å². The number of carbonyl (C=O) groups excluding carboxylic acids is 4. The van der Waals surface area contributed by atoms with E-state index < -0.39 is 76.7 Å². The molecule has 38 heavy (non-hydrogen) atoms. The summed E-state index contributed by atoms with van der Waals surface area (Å²) >= 11 is 0. The van der Waals surface area contributed by atoms with Crippen LogP contribution in [-0.4, -0.2) is 70.2 Å². The first-order chi connectivity index (χ1) is 17.4. The van der Waals surface area contributed by atoms with Gasteiger partial charge in [-0.3, -0.25) is 19.2 Å². The fourth-order valence-electron chi connectivity index (χ4n) is 7.05. The minimum Gasteiger partial charge on any atom is -0.462 e. The van der Waals surface area contributed by atoms with E-state index in [1.54, 1.807) is 27.7 Å². The lowest BCUT2D eigenvalue weighted by Crippen LogP contribution is -2.60. The highest BCUT2D eigenvalue weighted by Gasteiger charge is 2.69. The van der Waals surface area contributed by atoms with Crippen LogP contribution in [0.1, 0.15) is 74.7 Å². The van der Waals surface area contributed by atoms with Crippen molar-refractivity contribution in [3.63, 3.8) is 0 Å². The van der Waals surface area contributed by atoms with Crippen molar-refractivity contribution in [3.8, 4) is 0 Å². The van der Waals surface area contributed by atoms with Gasteiger partial charge in [0, 0.05) is 46.0 Å². The summed E-state index contributed by atoms with van der Waals surface area (Å²) in [5, 5.41) is 22.8. The third-order valence-corrected chi connectivity index (χ3v) is 8.81. The van der Waals surface area contributed by atoms with Gasteiger partial charge in [0.05, 0.1) is 17.1 Å². The summed E-state index contributed by atoms with van der Waals surface area (Å²) in [6, 6.07) is 0. The molecule has 0 heterocycles. The van der Waals surface area contributed by atoms with E-state index in [0.717, 1.165) is 0 Å². The van der Waals surface area contributed by atoms with Gasteiger partial charge in [0.2, 0.25) is 0 Å². The van der Waals surface area contributed by atoms with Crippen molar-refractivity contribution < 1.29 is 48.3 Å². The maximum absolute atomic E-state index is 12.5. The Morgan fingerprint density at radius 1 is 0.921 bits per heavy atom. The highest BCUT2D eigenvalue weighted by molar-refractivity contribution is 5.69. The lowest BCUT2D eigenvalue weighted by molar-refractivity contribution is -0.201. The van der Waals surface area contributed by atoms with Crippen LogP contribution >= 0.6 is 0 Å². The van der Waals surface area contributed by atoms with Crippen LogP contribution in [0.25, 0.3) is 0 Å². The number of aliphatic hydroxyl groups excluding tert-OH is 1. The molecule has 0 radical (unpaired) electrons. The largest absolute Gasteiger partial charge is 0.462 e. The predicted molar refractivity (Wildman–Crippen MR) is 134 cm³/mol. The van der Waals surface area contributed by atoms with E-state index in [1.807, 2.05) is 0 Å². The van der Waals surface area contributed by atoms with Gasteiger partial charge in [0.15, 0.2) is 12.2 Å². The van der Waals surface area contributed by atoms with Crippen LogP contribution in [0.15, 0.2) is 23.3 Å². The zero-order valence-electron chi connectivity index (χ0n) is 23.5. The molecule has 3 aliphatic carbocycles. The summed E-state index contributed by atoms with van der Waals surface area (Å²) in [5.74, 6) is -3.09. The molecule has 2 saturated carbocycles. The average molecular weight is 537 g/mol. The van der Waals surface area contributed by atoms with Gasteiger partial charge in [0.25, 0.3) is 0 Å². The Morgan fingerprint density at radius 2 is 1.45 bits per heavy atom.